The number of hydrogen-bond donors (Lipinski definition) is 3. The van der Waals surface area contributed by atoms with Gasteiger partial charge in [-0.05, 0) is 24.3 Å². The number of carbonyl (C=O) groups excluding carboxylic acids is 4. The van der Waals surface area contributed by atoms with Crippen LogP contribution < -0.4 is 10.6 Å². The average molecular weight is 414 g/mol. The summed E-state index contributed by atoms with van der Waals surface area (Å²) >= 11 is 1.32. The number of hydrogen-bond acceptors (Lipinski definition) is 6. The van der Waals surface area contributed by atoms with E-state index in [4.69, 9.17) is 0 Å². The second kappa shape index (κ2) is 10.4. The van der Waals surface area contributed by atoms with E-state index in [-0.39, 0.29) is 34.4 Å². The molecule has 0 aliphatic heterocycles. The van der Waals surface area contributed by atoms with E-state index < -0.39 is 5.91 Å². The van der Waals surface area contributed by atoms with Gasteiger partial charge in [0.2, 0.25) is 17.5 Å². The number of Topliss-reactive ketones (excluding diaryl/α,β-unsaturated/α-hetero) is 1. The summed E-state index contributed by atoms with van der Waals surface area (Å²) < 4.78 is 0. The summed E-state index contributed by atoms with van der Waals surface area (Å²) in [6, 6.07) is 9.37. The SMILES string of the molecule is CC(=O)Nc1ccccc1.CCCSC1=CC(=O)c2n[nH]c(C(=O)NC)c2C1=O. The van der Waals surface area contributed by atoms with E-state index >= 15 is 0 Å². The number of anilines is 1. The Bertz CT molecular complexity index is 951. The molecule has 2 amide bonds. The van der Waals surface area contributed by atoms with Gasteiger partial charge in [-0.2, -0.15) is 5.10 Å². The number of fused-ring (bicyclic) bond motifs is 1. The van der Waals surface area contributed by atoms with Crippen molar-refractivity contribution in [2.24, 2.45) is 0 Å². The zero-order valence-electron chi connectivity index (χ0n) is 16.4. The molecule has 2 aromatic rings. The Morgan fingerprint density at radius 2 is 1.86 bits per heavy atom. The summed E-state index contributed by atoms with van der Waals surface area (Å²) in [4.78, 5) is 46.7. The van der Waals surface area contributed by atoms with Gasteiger partial charge in [-0.15, -0.1) is 11.8 Å². The van der Waals surface area contributed by atoms with E-state index in [1.54, 1.807) is 0 Å². The summed E-state index contributed by atoms with van der Waals surface area (Å²) in [7, 11) is 1.45. The molecule has 1 aliphatic carbocycles. The number of H-pyrrole nitrogens is 1. The second-order valence-corrected chi connectivity index (χ2v) is 7.14. The Hall–Kier alpha value is -3.20. The Morgan fingerprint density at radius 1 is 1.17 bits per heavy atom. The number of allylic oxidation sites excluding steroid dienone is 2. The maximum atomic E-state index is 12.3. The second-order valence-electron chi connectivity index (χ2n) is 6.00. The summed E-state index contributed by atoms with van der Waals surface area (Å²) in [5, 5.41) is 11.3. The lowest BCUT2D eigenvalue weighted by molar-refractivity contribution is -0.114. The van der Waals surface area contributed by atoms with Crippen LogP contribution in [0.3, 0.4) is 0 Å². The Morgan fingerprint density at radius 3 is 2.45 bits per heavy atom. The standard InChI is InChI=1S/C12H13N3O3S.C8H9NO/c1-3-4-19-7-5-6(16)9-8(11(7)17)10(15-14-9)12(18)13-2;1-7(10)9-8-5-3-2-4-6-8/h5H,3-4H2,1-2H3,(H,13,18)(H,14,15);2-6H,1H3,(H,9,10). The van der Waals surface area contributed by atoms with Crippen LogP contribution in [0.25, 0.3) is 0 Å². The fourth-order valence-electron chi connectivity index (χ4n) is 2.45. The van der Waals surface area contributed by atoms with Crippen LogP contribution in [0.5, 0.6) is 0 Å². The van der Waals surface area contributed by atoms with Gasteiger partial charge >= 0.3 is 0 Å². The number of amides is 2. The number of aromatic nitrogens is 2. The van der Waals surface area contributed by atoms with Gasteiger partial charge in [-0.25, -0.2) is 0 Å². The van der Waals surface area contributed by atoms with Gasteiger partial charge in [-0.1, -0.05) is 25.1 Å². The smallest absolute Gasteiger partial charge is 0.269 e. The largest absolute Gasteiger partial charge is 0.354 e. The zero-order valence-corrected chi connectivity index (χ0v) is 17.2. The van der Waals surface area contributed by atoms with Crippen molar-refractivity contribution in [3.63, 3.8) is 0 Å². The van der Waals surface area contributed by atoms with Crippen molar-refractivity contribution in [1.82, 2.24) is 15.5 Å². The number of thioether (sulfide) groups is 1. The van der Waals surface area contributed by atoms with Crippen LogP contribution in [0.1, 0.15) is 51.6 Å². The zero-order chi connectivity index (χ0) is 21.4. The number of rotatable bonds is 5. The highest BCUT2D eigenvalue weighted by molar-refractivity contribution is 8.04. The molecule has 0 saturated heterocycles. The molecule has 0 spiro atoms. The van der Waals surface area contributed by atoms with Crippen molar-refractivity contribution < 1.29 is 19.2 Å². The maximum Gasteiger partial charge on any atom is 0.269 e. The van der Waals surface area contributed by atoms with Gasteiger partial charge in [0.15, 0.2) is 0 Å². The highest BCUT2D eigenvalue weighted by atomic mass is 32.2. The molecule has 1 aliphatic rings. The molecule has 0 bridgehead atoms. The Kier molecular flexibility index (Phi) is 7.90. The van der Waals surface area contributed by atoms with Gasteiger partial charge in [0.25, 0.3) is 5.91 Å². The number of nitrogens with one attached hydrogen (secondary N) is 3. The van der Waals surface area contributed by atoms with Crippen LogP contribution >= 0.6 is 11.8 Å². The summed E-state index contributed by atoms with van der Waals surface area (Å²) in [6.07, 6.45) is 2.18. The van der Waals surface area contributed by atoms with Gasteiger partial charge in [0.1, 0.15) is 11.4 Å². The van der Waals surface area contributed by atoms with Gasteiger partial charge in [0.05, 0.1) is 10.5 Å². The number of aromatic amines is 1. The van der Waals surface area contributed by atoms with Crippen molar-refractivity contribution in [3.05, 3.63) is 58.3 Å². The van der Waals surface area contributed by atoms with E-state index in [2.05, 4.69) is 20.8 Å². The lowest BCUT2D eigenvalue weighted by atomic mass is 9.99. The van der Waals surface area contributed by atoms with Crippen LogP contribution in [0, 0.1) is 0 Å². The normalized spacial score (nSPS) is 12.3. The molecular formula is C20H22N4O4S. The van der Waals surface area contributed by atoms with Crippen molar-refractivity contribution in [3.8, 4) is 0 Å². The van der Waals surface area contributed by atoms with Crippen LogP contribution in [0.2, 0.25) is 0 Å². The molecule has 3 N–H and O–H groups in total. The first-order chi connectivity index (χ1) is 13.9. The minimum atomic E-state index is -0.461. The molecule has 1 heterocycles. The lowest BCUT2D eigenvalue weighted by Gasteiger charge is -2.11. The Balaban J connectivity index is 0.000000253. The quantitative estimate of drug-likeness (QED) is 0.692. The van der Waals surface area contributed by atoms with Crippen LogP contribution in [0.4, 0.5) is 5.69 Å². The summed E-state index contributed by atoms with van der Waals surface area (Å²) in [5.74, 6) is -0.421. The highest BCUT2D eigenvalue weighted by Gasteiger charge is 2.33. The fraction of sp³-hybridized carbons (Fsp3) is 0.250. The number of carbonyl (C=O) groups is 4. The maximum absolute atomic E-state index is 12.3. The van der Waals surface area contributed by atoms with Crippen LogP contribution in [-0.4, -0.2) is 46.4 Å². The molecule has 9 heteroatoms. The molecule has 29 heavy (non-hydrogen) atoms. The van der Waals surface area contributed by atoms with Crippen molar-refractivity contribution in [2.45, 2.75) is 20.3 Å². The first kappa shape index (κ1) is 22.1. The third-order valence-electron chi connectivity index (χ3n) is 3.72. The molecule has 0 fully saturated rings. The third kappa shape index (κ3) is 5.64. The minimum Gasteiger partial charge on any atom is -0.354 e. The van der Waals surface area contributed by atoms with Crippen LogP contribution in [-0.2, 0) is 4.79 Å². The van der Waals surface area contributed by atoms with Crippen LogP contribution in [0.15, 0.2) is 41.3 Å². The first-order valence-electron chi connectivity index (χ1n) is 8.95. The van der Waals surface area contributed by atoms with E-state index in [1.165, 1.54) is 31.8 Å². The monoisotopic (exact) mass is 414 g/mol. The molecule has 8 nitrogen and oxygen atoms in total. The molecular weight excluding hydrogens is 392 g/mol. The average Bonchev–Trinajstić information content (AvgIpc) is 3.16. The fourth-order valence-corrected chi connectivity index (χ4v) is 3.30. The molecule has 0 unspecified atom stereocenters. The van der Waals surface area contributed by atoms with E-state index in [0.717, 1.165) is 17.9 Å². The molecule has 0 saturated carbocycles. The van der Waals surface area contributed by atoms with Crippen molar-refractivity contribution >= 4 is 40.8 Å². The predicted octanol–water partition coefficient (Wildman–Crippen LogP) is 2.82. The van der Waals surface area contributed by atoms with Crippen molar-refractivity contribution in [1.29, 1.82) is 0 Å². The lowest BCUT2D eigenvalue weighted by Crippen LogP contribution is -2.23. The predicted molar refractivity (Wildman–Crippen MR) is 112 cm³/mol. The van der Waals surface area contributed by atoms with E-state index in [9.17, 15) is 19.2 Å². The first-order valence-corrected chi connectivity index (χ1v) is 9.94. The minimum absolute atomic E-state index is 0.0180. The summed E-state index contributed by atoms with van der Waals surface area (Å²) in [6.45, 7) is 3.48. The molecule has 0 atom stereocenters. The number of para-hydroxylation sites is 1. The number of benzene rings is 1. The van der Waals surface area contributed by atoms with Gasteiger partial charge in [-0.3, -0.25) is 24.3 Å². The highest BCUT2D eigenvalue weighted by Crippen LogP contribution is 2.29. The van der Waals surface area contributed by atoms with E-state index in [0.29, 0.717) is 4.91 Å². The van der Waals surface area contributed by atoms with Crippen molar-refractivity contribution in [2.75, 3.05) is 18.1 Å². The molecule has 1 aromatic carbocycles. The molecule has 1 aromatic heterocycles. The topological polar surface area (TPSA) is 121 Å². The van der Waals surface area contributed by atoms with E-state index in [1.807, 2.05) is 37.3 Å². The number of ketones is 2. The number of nitrogens with zero attached hydrogens (tertiary/aromatic N) is 1. The summed E-state index contributed by atoms with van der Waals surface area (Å²) in [5.41, 5.74) is 0.975. The molecule has 3 rings (SSSR count). The Labute approximate surface area is 172 Å². The van der Waals surface area contributed by atoms with Gasteiger partial charge in [0, 0.05) is 25.7 Å². The molecule has 152 valence electrons. The third-order valence-corrected chi connectivity index (χ3v) is 4.95. The molecule has 0 radical (unpaired) electrons. The van der Waals surface area contributed by atoms with Gasteiger partial charge < -0.3 is 10.6 Å².